The standard InChI is InChI=1S/C9H20N2O/c1-5-7-10-8(12)9(3,4)11-6-2/h11H,5-7H2,1-4H3,(H,10,12). The Morgan fingerprint density at radius 1 is 1.33 bits per heavy atom. The summed E-state index contributed by atoms with van der Waals surface area (Å²) in [5.41, 5.74) is -0.441. The Kier molecular flexibility index (Phi) is 4.90. The fourth-order valence-electron chi connectivity index (χ4n) is 0.982. The van der Waals surface area contributed by atoms with Crippen LogP contribution < -0.4 is 10.6 Å². The topological polar surface area (TPSA) is 41.1 Å². The summed E-state index contributed by atoms with van der Waals surface area (Å²) >= 11 is 0. The van der Waals surface area contributed by atoms with Crippen LogP contribution in [0.4, 0.5) is 0 Å². The number of amides is 1. The van der Waals surface area contributed by atoms with E-state index in [4.69, 9.17) is 0 Å². The Labute approximate surface area is 74.9 Å². The smallest absolute Gasteiger partial charge is 0.239 e. The summed E-state index contributed by atoms with van der Waals surface area (Å²) in [6.45, 7) is 9.39. The third-order valence-corrected chi connectivity index (χ3v) is 1.72. The lowest BCUT2D eigenvalue weighted by atomic mass is 10.0. The van der Waals surface area contributed by atoms with E-state index in [1.165, 1.54) is 0 Å². The Morgan fingerprint density at radius 2 is 1.92 bits per heavy atom. The molecule has 0 aliphatic heterocycles. The van der Waals surface area contributed by atoms with Crippen molar-refractivity contribution in [3.63, 3.8) is 0 Å². The molecule has 2 N–H and O–H groups in total. The van der Waals surface area contributed by atoms with Crippen molar-refractivity contribution in [2.75, 3.05) is 13.1 Å². The van der Waals surface area contributed by atoms with Gasteiger partial charge in [0.05, 0.1) is 5.54 Å². The van der Waals surface area contributed by atoms with E-state index >= 15 is 0 Å². The van der Waals surface area contributed by atoms with Crippen LogP contribution in [0, 0.1) is 0 Å². The van der Waals surface area contributed by atoms with Crippen LogP contribution in [0.1, 0.15) is 34.1 Å². The number of carbonyl (C=O) groups is 1. The normalized spacial score (nSPS) is 11.3. The average molecular weight is 172 g/mol. The summed E-state index contributed by atoms with van der Waals surface area (Å²) in [7, 11) is 0. The number of nitrogens with one attached hydrogen (secondary N) is 2. The van der Waals surface area contributed by atoms with Crippen molar-refractivity contribution in [3.8, 4) is 0 Å². The first-order valence-corrected chi connectivity index (χ1v) is 4.58. The van der Waals surface area contributed by atoms with Crippen LogP contribution in [0.15, 0.2) is 0 Å². The molecule has 0 radical (unpaired) electrons. The molecule has 0 aliphatic carbocycles. The van der Waals surface area contributed by atoms with E-state index in [1.807, 2.05) is 27.7 Å². The molecule has 0 spiro atoms. The minimum atomic E-state index is -0.441. The van der Waals surface area contributed by atoms with Crippen molar-refractivity contribution in [2.45, 2.75) is 39.7 Å². The van der Waals surface area contributed by atoms with Crippen molar-refractivity contribution < 1.29 is 4.79 Å². The summed E-state index contributed by atoms with van der Waals surface area (Å²) in [5, 5.41) is 5.97. The highest BCUT2D eigenvalue weighted by molar-refractivity contribution is 5.85. The zero-order valence-corrected chi connectivity index (χ0v) is 8.53. The molecule has 0 fully saturated rings. The van der Waals surface area contributed by atoms with Gasteiger partial charge in [0.25, 0.3) is 0 Å². The maximum atomic E-state index is 11.4. The van der Waals surface area contributed by atoms with E-state index in [0.717, 1.165) is 19.5 Å². The number of carbonyl (C=O) groups excluding carboxylic acids is 1. The molecule has 0 atom stereocenters. The molecule has 0 aliphatic rings. The number of hydrogen-bond acceptors (Lipinski definition) is 2. The van der Waals surface area contributed by atoms with E-state index < -0.39 is 5.54 Å². The number of rotatable bonds is 5. The van der Waals surface area contributed by atoms with Gasteiger partial charge in [0.15, 0.2) is 0 Å². The molecule has 3 heteroatoms. The van der Waals surface area contributed by atoms with Crippen molar-refractivity contribution >= 4 is 5.91 Å². The molecule has 0 saturated heterocycles. The highest BCUT2D eigenvalue weighted by atomic mass is 16.2. The van der Waals surface area contributed by atoms with Gasteiger partial charge in [-0.05, 0) is 26.8 Å². The van der Waals surface area contributed by atoms with E-state index in [-0.39, 0.29) is 5.91 Å². The zero-order chi connectivity index (χ0) is 9.61. The van der Waals surface area contributed by atoms with Crippen LogP contribution >= 0.6 is 0 Å². The Bertz CT molecular complexity index is 143. The minimum Gasteiger partial charge on any atom is -0.355 e. The first kappa shape index (κ1) is 11.4. The summed E-state index contributed by atoms with van der Waals surface area (Å²) in [5.74, 6) is 0.0752. The molecule has 0 bridgehead atoms. The van der Waals surface area contributed by atoms with Gasteiger partial charge < -0.3 is 10.6 Å². The zero-order valence-electron chi connectivity index (χ0n) is 8.53. The second-order valence-electron chi connectivity index (χ2n) is 3.41. The molecular weight excluding hydrogens is 152 g/mol. The van der Waals surface area contributed by atoms with Crippen LogP contribution in [0.5, 0.6) is 0 Å². The van der Waals surface area contributed by atoms with E-state index in [0.29, 0.717) is 0 Å². The third-order valence-electron chi connectivity index (χ3n) is 1.72. The Balaban J connectivity index is 3.88. The lowest BCUT2D eigenvalue weighted by Crippen LogP contribution is -2.52. The Morgan fingerprint density at radius 3 is 2.33 bits per heavy atom. The first-order valence-electron chi connectivity index (χ1n) is 4.58. The summed E-state index contributed by atoms with van der Waals surface area (Å²) < 4.78 is 0. The highest BCUT2D eigenvalue weighted by Gasteiger charge is 2.24. The van der Waals surface area contributed by atoms with Gasteiger partial charge in [-0.1, -0.05) is 13.8 Å². The van der Waals surface area contributed by atoms with Crippen molar-refractivity contribution in [2.24, 2.45) is 0 Å². The molecule has 72 valence electrons. The lowest BCUT2D eigenvalue weighted by molar-refractivity contribution is -0.126. The predicted octanol–water partition coefficient (Wildman–Crippen LogP) is 0.901. The van der Waals surface area contributed by atoms with Gasteiger partial charge >= 0.3 is 0 Å². The second kappa shape index (κ2) is 5.14. The summed E-state index contributed by atoms with van der Waals surface area (Å²) in [4.78, 5) is 11.4. The maximum Gasteiger partial charge on any atom is 0.239 e. The van der Waals surface area contributed by atoms with Gasteiger partial charge in [0.2, 0.25) is 5.91 Å². The lowest BCUT2D eigenvalue weighted by Gasteiger charge is -2.24. The quantitative estimate of drug-likeness (QED) is 0.647. The van der Waals surface area contributed by atoms with Gasteiger partial charge in [-0.3, -0.25) is 4.79 Å². The molecule has 0 aromatic rings. The van der Waals surface area contributed by atoms with Gasteiger partial charge in [0, 0.05) is 6.54 Å². The molecule has 12 heavy (non-hydrogen) atoms. The fourth-order valence-corrected chi connectivity index (χ4v) is 0.982. The van der Waals surface area contributed by atoms with Crippen LogP contribution in [0.3, 0.4) is 0 Å². The summed E-state index contributed by atoms with van der Waals surface area (Å²) in [6.07, 6.45) is 0.980. The van der Waals surface area contributed by atoms with Crippen molar-refractivity contribution in [3.05, 3.63) is 0 Å². The van der Waals surface area contributed by atoms with Gasteiger partial charge in [0.1, 0.15) is 0 Å². The van der Waals surface area contributed by atoms with E-state index in [9.17, 15) is 4.79 Å². The van der Waals surface area contributed by atoms with Gasteiger partial charge in [-0.15, -0.1) is 0 Å². The molecule has 0 aromatic carbocycles. The predicted molar refractivity (Wildman–Crippen MR) is 51.1 cm³/mol. The first-order chi connectivity index (χ1) is 5.54. The number of likely N-dealkylation sites (N-methyl/N-ethyl adjacent to an activating group) is 1. The molecular formula is C9H20N2O. The molecule has 3 nitrogen and oxygen atoms in total. The van der Waals surface area contributed by atoms with Crippen LogP contribution in [0.25, 0.3) is 0 Å². The molecule has 0 aromatic heterocycles. The average Bonchev–Trinajstić information content (AvgIpc) is 2.00. The van der Waals surface area contributed by atoms with Gasteiger partial charge in [-0.25, -0.2) is 0 Å². The minimum absolute atomic E-state index is 0.0752. The van der Waals surface area contributed by atoms with Crippen LogP contribution in [0.2, 0.25) is 0 Å². The molecule has 0 heterocycles. The van der Waals surface area contributed by atoms with E-state index in [2.05, 4.69) is 10.6 Å². The molecule has 0 rings (SSSR count). The monoisotopic (exact) mass is 172 g/mol. The van der Waals surface area contributed by atoms with E-state index in [1.54, 1.807) is 0 Å². The molecule has 1 amide bonds. The molecule has 0 saturated carbocycles. The van der Waals surface area contributed by atoms with Crippen molar-refractivity contribution in [1.29, 1.82) is 0 Å². The van der Waals surface area contributed by atoms with Crippen molar-refractivity contribution in [1.82, 2.24) is 10.6 Å². The Hall–Kier alpha value is -0.570. The van der Waals surface area contributed by atoms with Crippen LogP contribution in [-0.4, -0.2) is 24.5 Å². The SMILES string of the molecule is CCCNC(=O)C(C)(C)NCC. The number of hydrogen-bond donors (Lipinski definition) is 2. The molecule has 0 unspecified atom stereocenters. The third kappa shape index (κ3) is 3.72. The fraction of sp³-hybridized carbons (Fsp3) is 0.889. The van der Waals surface area contributed by atoms with Gasteiger partial charge in [-0.2, -0.15) is 0 Å². The second-order valence-corrected chi connectivity index (χ2v) is 3.41. The highest BCUT2D eigenvalue weighted by Crippen LogP contribution is 2.00. The summed E-state index contributed by atoms with van der Waals surface area (Å²) in [6, 6.07) is 0. The van der Waals surface area contributed by atoms with Crippen LogP contribution in [-0.2, 0) is 4.79 Å². The largest absolute Gasteiger partial charge is 0.355 e. The maximum absolute atomic E-state index is 11.4.